The number of hydrogen-bond acceptors (Lipinski definition) is 10. The molecule has 0 bridgehead atoms. The molecule has 1 saturated carbocycles. The molecule has 12 heteroatoms. The van der Waals surface area contributed by atoms with Gasteiger partial charge in [-0.25, -0.2) is 14.8 Å². The molecule has 1 aliphatic carbocycles. The fraction of sp³-hybridized carbons (Fsp3) is 0.552. The summed E-state index contributed by atoms with van der Waals surface area (Å²) in [5.41, 5.74) is -0.0299. The molecule has 1 saturated heterocycles. The number of ketones is 3. The van der Waals surface area contributed by atoms with Gasteiger partial charge in [0.15, 0.2) is 11.6 Å². The summed E-state index contributed by atoms with van der Waals surface area (Å²) in [7, 11) is 0. The molecule has 4 rings (SSSR count). The van der Waals surface area contributed by atoms with Gasteiger partial charge >= 0.3 is 6.09 Å². The van der Waals surface area contributed by atoms with Crippen molar-refractivity contribution in [1.82, 2.24) is 20.2 Å². The van der Waals surface area contributed by atoms with Crippen LogP contribution in [0.5, 0.6) is 0 Å². The van der Waals surface area contributed by atoms with Crippen molar-refractivity contribution < 1.29 is 28.7 Å². The van der Waals surface area contributed by atoms with Gasteiger partial charge < -0.3 is 10.1 Å². The van der Waals surface area contributed by atoms with Crippen LogP contribution < -0.4 is 5.32 Å². The summed E-state index contributed by atoms with van der Waals surface area (Å²) in [5, 5.41) is 7.78. The smallest absolute Gasteiger partial charge is 0.414 e. The second kappa shape index (κ2) is 12.3. The highest BCUT2D eigenvalue weighted by Gasteiger charge is 2.50. The molecule has 1 atom stereocenters. The fourth-order valence-corrected chi connectivity index (χ4v) is 6.21. The molecule has 2 amide bonds. The Labute approximate surface area is 247 Å². The lowest BCUT2D eigenvalue weighted by molar-refractivity contribution is -0.131. The number of nitrogens with one attached hydrogen (secondary N) is 1. The van der Waals surface area contributed by atoms with Gasteiger partial charge in [0, 0.05) is 47.8 Å². The third-order valence-electron chi connectivity index (χ3n) is 6.96. The standard InChI is InChI=1S/C29H36N4O6S2/c1-6-22(35)20-15-41-26(31-20)21-16-40-25(30-21)10-9-19(34)14-23(36)29(11-12-29)32-24(37)13-18-8-7-17(2)33(18)27(38)39-28(3,4)5/h13,15-17H,6-12,14H2,1-5H3,(H,32,37)/b18-13-/t17-/m0/s1. The van der Waals surface area contributed by atoms with E-state index in [1.807, 2.05) is 12.3 Å². The van der Waals surface area contributed by atoms with Gasteiger partial charge in [-0.1, -0.05) is 6.92 Å². The summed E-state index contributed by atoms with van der Waals surface area (Å²) < 4.78 is 5.50. The van der Waals surface area contributed by atoms with E-state index in [0.717, 1.165) is 5.01 Å². The van der Waals surface area contributed by atoms with Crippen molar-refractivity contribution in [3.8, 4) is 10.7 Å². The third kappa shape index (κ3) is 7.73. The highest BCUT2D eigenvalue weighted by Crippen LogP contribution is 2.38. The number of hydrogen-bond donors (Lipinski definition) is 1. The number of Topliss-reactive ketones (excluding diaryl/α,β-unsaturated/α-hetero) is 3. The normalized spacial score (nSPS) is 18.8. The van der Waals surface area contributed by atoms with Gasteiger partial charge in [0.05, 0.1) is 17.0 Å². The van der Waals surface area contributed by atoms with Crippen molar-refractivity contribution in [2.45, 2.75) is 103 Å². The average molecular weight is 601 g/mol. The summed E-state index contributed by atoms with van der Waals surface area (Å²) in [4.78, 5) is 73.4. The van der Waals surface area contributed by atoms with Crippen LogP contribution in [0, 0.1) is 0 Å². The van der Waals surface area contributed by atoms with Gasteiger partial charge in [0.1, 0.15) is 27.8 Å². The van der Waals surface area contributed by atoms with Crippen LogP contribution in [-0.4, -0.2) is 61.4 Å². The number of nitrogens with zero attached hydrogens (tertiary/aromatic N) is 3. The Morgan fingerprint density at radius 3 is 2.54 bits per heavy atom. The van der Waals surface area contributed by atoms with Gasteiger partial charge in [0.25, 0.3) is 0 Å². The molecule has 0 radical (unpaired) electrons. The predicted octanol–water partition coefficient (Wildman–Crippen LogP) is 5.27. The minimum atomic E-state index is -1.03. The molecule has 1 N–H and O–H groups in total. The number of carbonyl (C=O) groups is 5. The average Bonchev–Trinajstić information content (AvgIpc) is 3.24. The minimum absolute atomic E-state index is 0.0182. The van der Waals surface area contributed by atoms with Gasteiger partial charge in [-0.05, 0) is 53.4 Å². The molecule has 2 fully saturated rings. The van der Waals surface area contributed by atoms with Crippen LogP contribution in [0.1, 0.15) is 95.1 Å². The molecule has 2 aromatic rings. The number of allylic oxidation sites excluding steroid dienone is 1. The van der Waals surface area contributed by atoms with Gasteiger partial charge in [-0.3, -0.25) is 24.1 Å². The van der Waals surface area contributed by atoms with E-state index in [1.165, 1.54) is 33.6 Å². The Kier molecular flexibility index (Phi) is 9.22. The minimum Gasteiger partial charge on any atom is -0.443 e. The maximum Gasteiger partial charge on any atom is 0.414 e. The van der Waals surface area contributed by atoms with E-state index in [0.29, 0.717) is 60.6 Å². The number of carbonyl (C=O) groups excluding carboxylic acids is 5. The zero-order valence-corrected chi connectivity index (χ0v) is 25.7. The predicted molar refractivity (Wildman–Crippen MR) is 156 cm³/mol. The van der Waals surface area contributed by atoms with E-state index in [4.69, 9.17) is 4.74 Å². The van der Waals surface area contributed by atoms with Gasteiger partial charge in [-0.2, -0.15) is 0 Å². The van der Waals surface area contributed by atoms with E-state index in [9.17, 15) is 24.0 Å². The van der Waals surface area contributed by atoms with E-state index < -0.39 is 23.1 Å². The first-order valence-corrected chi connectivity index (χ1v) is 15.6. The first-order valence-electron chi connectivity index (χ1n) is 13.8. The Morgan fingerprint density at radius 1 is 1.15 bits per heavy atom. The maximum atomic E-state index is 13.0. The summed E-state index contributed by atoms with van der Waals surface area (Å²) in [6.07, 6.45) is 3.77. The lowest BCUT2D eigenvalue weighted by Crippen LogP contribution is -2.44. The number of ether oxygens (including phenoxy) is 1. The van der Waals surface area contributed by atoms with Crippen molar-refractivity contribution in [3.63, 3.8) is 0 Å². The molecular weight excluding hydrogens is 564 g/mol. The number of rotatable bonds is 11. The van der Waals surface area contributed by atoms with Crippen molar-refractivity contribution in [1.29, 1.82) is 0 Å². The first-order chi connectivity index (χ1) is 19.3. The molecule has 0 spiro atoms. The van der Waals surface area contributed by atoms with Crippen LogP contribution in [0.3, 0.4) is 0 Å². The Morgan fingerprint density at radius 2 is 1.88 bits per heavy atom. The van der Waals surface area contributed by atoms with Crippen LogP contribution in [0.15, 0.2) is 22.5 Å². The van der Waals surface area contributed by atoms with E-state index >= 15 is 0 Å². The zero-order valence-electron chi connectivity index (χ0n) is 24.1. The van der Waals surface area contributed by atoms with Crippen LogP contribution in [0.4, 0.5) is 4.79 Å². The van der Waals surface area contributed by atoms with Gasteiger partial charge in [-0.15, -0.1) is 22.7 Å². The highest BCUT2D eigenvalue weighted by atomic mass is 32.1. The summed E-state index contributed by atoms with van der Waals surface area (Å²) >= 11 is 2.76. The molecule has 0 unspecified atom stereocenters. The van der Waals surface area contributed by atoms with Crippen molar-refractivity contribution >= 4 is 52.0 Å². The highest BCUT2D eigenvalue weighted by molar-refractivity contribution is 7.14. The van der Waals surface area contributed by atoms with Crippen molar-refractivity contribution in [3.05, 3.63) is 33.2 Å². The molecule has 1 aliphatic heterocycles. The fourth-order valence-electron chi connectivity index (χ4n) is 4.57. The number of likely N-dealkylation sites (tertiary alicyclic amines) is 1. The van der Waals surface area contributed by atoms with Crippen molar-refractivity contribution in [2.24, 2.45) is 0 Å². The third-order valence-corrected chi connectivity index (χ3v) is 8.73. The van der Waals surface area contributed by atoms with Crippen LogP contribution >= 0.6 is 22.7 Å². The Hall–Kier alpha value is -3.25. The summed E-state index contributed by atoms with van der Waals surface area (Å²) in [6, 6.07) is -0.101. The van der Waals surface area contributed by atoms with E-state index in [1.54, 1.807) is 33.1 Å². The van der Waals surface area contributed by atoms with Crippen molar-refractivity contribution in [2.75, 3.05) is 0 Å². The number of amides is 2. The second-order valence-corrected chi connectivity index (χ2v) is 13.3. The molecule has 3 heterocycles. The molecule has 220 valence electrons. The quantitative estimate of drug-likeness (QED) is 0.209. The molecular formula is C29H36N4O6S2. The molecule has 2 aromatic heterocycles. The van der Waals surface area contributed by atoms with Crippen LogP contribution in [0.25, 0.3) is 10.7 Å². The number of aryl methyl sites for hydroxylation is 1. The monoisotopic (exact) mass is 600 g/mol. The molecule has 41 heavy (non-hydrogen) atoms. The number of aromatic nitrogens is 2. The van der Waals surface area contributed by atoms with Gasteiger partial charge in [0.2, 0.25) is 5.91 Å². The van der Waals surface area contributed by atoms with Crippen LogP contribution in [-0.2, 0) is 25.5 Å². The lowest BCUT2D eigenvalue weighted by atomic mass is 10.0. The zero-order chi connectivity index (χ0) is 29.9. The van der Waals surface area contributed by atoms with E-state index in [-0.39, 0.29) is 36.2 Å². The Balaban J connectivity index is 1.29. The SMILES string of the molecule is CCC(=O)c1csc(-c2csc(CCC(=O)CC(=O)C3(NC(=O)/C=C4/CC[C@H](C)N4C(=O)OC(C)(C)C)CC3)n2)n1. The summed E-state index contributed by atoms with van der Waals surface area (Å²) in [6.45, 7) is 9.05. The topological polar surface area (TPSA) is 136 Å². The molecule has 0 aromatic carbocycles. The second-order valence-electron chi connectivity index (χ2n) is 11.5. The van der Waals surface area contributed by atoms with E-state index in [2.05, 4.69) is 15.3 Å². The molecule has 2 aliphatic rings. The molecule has 10 nitrogen and oxygen atoms in total. The summed E-state index contributed by atoms with van der Waals surface area (Å²) in [5.74, 6) is -0.983. The number of thiazole rings is 2. The maximum absolute atomic E-state index is 13.0. The first kappa shape index (κ1) is 30.7. The van der Waals surface area contributed by atoms with Crippen LogP contribution in [0.2, 0.25) is 0 Å². The Bertz CT molecular complexity index is 1380. The lowest BCUT2D eigenvalue weighted by Gasteiger charge is -2.28. The largest absolute Gasteiger partial charge is 0.443 e.